The molecule has 0 saturated heterocycles. The van der Waals surface area contributed by atoms with Crippen LogP contribution in [0.25, 0.3) is 11.3 Å². The highest BCUT2D eigenvalue weighted by Gasteiger charge is 2.43. The average Bonchev–Trinajstić information content (AvgIpc) is 3.47. The van der Waals surface area contributed by atoms with Crippen LogP contribution in [0, 0.1) is 5.92 Å². The molecule has 0 radical (unpaired) electrons. The Hall–Kier alpha value is -4.01. The number of aromatic nitrogens is 2. The number of anilines is 1. The van der Waals surface area contributed by atoms with Crippen LogP contribution in [0.4, 0.5) is 15.0 Å². The lowest BCUT2D eigenvalue weighted by molar-refractivity contribution is -0.117. The molecule has 2 N–H and O–H groups in total. The van der Waals surface area contributed by atoms with Crippen molar-refractivity contribution in [2.45, 2.75) is 45.5 Å². The second-order valence-electron chi connectivity index (χ2n) is 9.48. The summed E-state index contributed by atoms with van der Waals surface area (Å²) < 4.78 is 18.6. The Bertz CT molecular complexity index is 1320. The summed E-state index contributed by atoms with van der Waals surface area (Å²) in [5, 5.41) is 2.68. The van der Waals surface area contributed by atoms with Crippen LogP contribution in [0.15, 0.2) is 48.7 Å². The van der Waals surface area contributed by atoms with Gasteiger partial charge in [-0.2, -0.15) is 0 Å². The minimum Gasteiger partial charge on any atom is -0.447 e. The van der Waals surface area contributed by atoms with Crippen LogP contribution in [0.5, 0.6) is 0 Å². The third-order valence-corrected chi connectivity index (χ3v) is 6.31. The molecule has 3 aromatic rings. The zero-order valence-corrected chi connectivity index (χ0v) is 20.1. The summed E-state index contributed by atoms with van der Waals surface area (Å²) in [6, 6.07) is 13.3. The first kappa shape index (κ1) is 23.7. The van der Waals surface area contributed by atoms with Gasteiger partial charge in [-0.1, -0.05) is 30.3 Å². The van der Waals surface area contributed by atoms with E-state index >= 15 is 0 Å². The van der Waals surface area contributed by atoms with E-state index in [1.165, 1.54) is 4.90 Å². The third kappa shape index (κ3) is 4.86. The Morgan fingerprint density at radius 2 is 1.97 bits per heavy atom. The minimum absolute atomic E-state index is 0.0684. The normalized spacial score (nSPS) is 18.7. The van der Waals surface area contributed by atoms with Crippen molar-refractivity contribution in [3.63, 3.8) is 0 Å². The van der Waals surface area contributed by atoms with Crippen molar-refractivity contribution < 1.29 is 23.5 Å². The number of carbonyl (C=O) groups is 3. The number of halogens is 1. The van der Waals surface area contributed by atoms with E-state index < -0.39 is 24.1 Å². The second kappa shape index (κ2) is 9.56. The Morgan fingerprint density at radius 1 is 1.22 bits per heavy atom. The van der Waals surface area contributed by atoms with Gasteiger partial charge in [0.1, 0.15) is 12.0 Å². The van der Waals surface area contributed by atoms with Crippen LogP contribution >= 0.6 is 0 Å². The molecule has 1 aliphatic heterocycles. The molecule has 1 fully saturated rings. The number of pyridine rings is 1. The quantitative estimate of drug-likeness (QED) is 0.529. The van der Waals surface area contributed by atoms with E-state index in [-0.39, 0.29) is 31.4 Å². The molecule has 1 aliphatic carbocycles. The first-order chi connectivity index (χ1) is 17.3. The predicted molar refractivity (Wildman–Crippen MR) is 131 cm³/mol. The Balaban J connectivity index is 1.51. The highest BCUT2D eigenvalue weighted by molar-refractivity contribution is 6.04. The lowest BCUT2D eigenvalue weighted by Gasteiger charge is -2.26. The number of carbonyl (C=O) groups excluding carboxylic acids is 3. The number of nitrogens with zero attached hydrogens (tertiary/aromatic N) is 2. The second-order valence-corrected chi connectivity index (χ2v) is 9.48. The van der Waals surface area contributed by atoms with E-state index in [1.807, 2.05) is 30.3 Å². The molecule has 186 valence electrons. The van der Waals surface area contributed by atoms with E-state index in [1.54, 1.807) is 32.2 Å². The van der Waals surface area contributed by atoms with Gasteiger partial charge in [0, 0.05) is 29.4 Å². The fraction of sp³-hybridized carbons (Fsp3) is 0.333. The molecule has 9 heteroatoms. The Labute approximate surface area is 207 Å². The van der Waals surface area contributed by atoms with Gasteiger partial charge in [0.15, 0.2) is 5.78 Å². The molecule has 3 heterocycles. The summed E-state index contributed by atoms with van der Waals surface area (Å²) in [4.78, 5) is 47.0. The number of H-pyrrole nitrogens is 1. The van der Waals surface area contributed by atoms with Crippen LogP contribution in [0.3, 0.4) is 0 Å². The first-order valence-corrected chi connectivity index (χ1v) is 12.0. The molecule has 5 rings (SSSR count). The fourth-order valence-electron chi connectivity index (χ4n) is 4.49. The van der Waals surface area contributed by atoms with E-state index in [0.717, 1.165) is 16.7 Å². The molecular weight excluding hydrogens is 463 g/mol. The number of fused-ring (bicyclic) bond motifs is 1. The molecule has 2 atom stereocenters. The van der Waals surface area contributed by atoms with Crippen LogP contribution in [-0.2, 0) is 22.5 Å². The molecule has 2 aromatic heterocycles. The first-order valence-electron chi connectivity index (χ1n) is 12.0. The van der Waals surface area contributed by atoms with Crippen LogP contribution in [0.2, 0.25) is 0 Å². The standard InChI is InChI=1S/C27H27FN4O4/c1-15(2)36-27(35)32-13-21-24(22(33)14-32)19(10-16-6-4-3-5-7-16)25(30-21)17-8-9-29-23(11-17)31-26(34)18-12-20(18)28/h3-9,11,15,18,20,30H,10,12-14H2,1-2H3,(H,29,31,34)/t18-,20+/m1/s1. The number of amides is 2. The molecule has 8 nitrogen and oxygen atoms in total. The van der Waals surface area contributed by atoms with Crippen molar-refractivity contribution in [2.24, 2.45) is 5.92 Å². The minimum atomic E-state index is -1.10. The summed E-state index contributed by atoms with van der Waals surface area (Å²) in [7, 11) is 0. The van der Waals surface area contributed by atoms with Gasteiger partial charge in [-0.15, -0.1) is 0 Å². The van der Waals surface area contributed by atoms with Gasteiger partial charge in [0.25, 0.3) is 0 Å². The van der Waals surface area contributed by atoms with E-state index in [4.69, 9.17) is 4.74 Å². The van der Waals surface area contributed by atoms with Crippen LogP contribution in [-0.4, -0.2) is 51.5 Å². The molecular formula is C27H27FN4O4. The number of hydrogen-bond acceptors (Lipinski definition) is 5. The van der Waals surface area contributed by atoms with Crippen molar-refractivity contribution in [2.75, 3.05) is 11.9 Å². The summed E-state index contributed by atoms with van der Waals surface area (Å²) in [5.74, 6) is -0.882. The monoisotopic (exact) mass is 490 g/mol. The summed E-state index contributed by atoms with van der Waals surface area (Å²) in [6.45, 7) is 3.66. The van der Waals surface area contributed by atoms with Crippen LogP contribution in [0.1, 0.15) is 47.4 Å². The largest absolute Gasteiger partial charge is 0.447 e. The van der Waals surface area contributed by atoms with Gasteiger partial charge < -0.3 is 15.0 Å². The van der Waals surface area contributed by atoms with Crippen LogP contribution < -0.4 is 5.32 Å². The van der Waals surface area contributed by atoms with Crippen molar-refractivity contribution in [1.82, 2.24) is 14.9 Å². The molecule has 2 amide bonds. The maximum absolute atomic E-state index is 13.3. The maximum Gasteiger partial charge on any atom is 0.410 e. The van der Waals surface area contributed by atoms with Gasteiger partial charge in [-0.3, -0.25) is 14.5 Å². The SMILES string of the molecule is CC(C)OC(=O)N1CC(=O)c2c([nH]c(-c3ccnc(NC(=O)[C@@H]4C[C@@H]4F)c3)c2Cc2ccccc2)C1. The van der Waals surface area contributed by atoms with Gasteiger partial charge >= 0.3 is 6.09 Å². The predicted octanol–water partition coefficient (Wildman–Crippen LogP) is 4.51. The molecule has 36 heavy (non-hydrogen) atoms. The van der Waals surface area contributed by atoms with Gasteiger partial charge in [0.2, 0.25) is 5.91 Å². The Morgan fingerprint density at radius 3 is 2.67 bits per heavy atom. The number of hydrogen-bond donors (Lipinski definition) is 2. The smallest absolute Gasteiger partial charge is 0.410 e. The third-order valence-electron chi connectivity index (χ3n) is 6.31. The number of nitrogens with one attached hydrogen (secondary N) is 2. The Kier molecular flexibility index (Phi) is 6.30. The highest BCUT2D eigenvalue weighted by Crippen LogP contribution is 2.36. The van der Waals surface area contributed by atoms with Gasteiger partial charge in [-0.25, -0.2) is 14.2 Å². The zero-order chi connectivity index (χ0) is 25.4. The topological polar surface area (TPSA) is 104 Å². The fourth-order valence-corrected chi connectivity index (χ4v) is 4.49. The average molecular weight is 491 g/mol. The number of alkyl halides is 1. The van der Waals surface area contributed by atoms with Crippen molar-refractivity contribution in [1.29, 1.82) is 0 Å². The number of ketones is 1. The number of rotatable bonds is 6. The van der Waals surface area contributed by atoms with Gasteiger partial charge in [0.05, 0.1) is 30.8 Å². The number of ether oxygens (including phenoxy) is 1. The summed E-state index contributed by atoms with van der Waals surface area (Å²) in [6.07, 6.45) is 0.358. The maximum atomic E-state index is 13.3. The molecule has 1 saturated carbocycles. The van der Waals surface area contributed by atoms with E-state index in [9.17, 15) is 18.8 Å². The molecule has 0 spiro atoms. The number of benzene rings is 1. The molecule has 2 aliphatic rings. The number of aromatic amines is 1. The number of Topliss-reactive ketones (excluding diaryl/α,β-unsaturated/α-hetero) is 1. The molecule has 1 aromatic carbocycles. The van der Waals surface area contributed by atoms with Gasteiger partial charge in [-0.05, 0) is 43.5 Å². The molecule has 0 unspecified atom stereocenters. The van der Waals surface area contributed by atoms with E-state index in [2.05, 4.69) is 15.3 Å². The molecule has 0 bridgehead atoms. The van der Waals surface area contributed by atoms with E-state index in [0.29, 0.717) is 29.2 Å². The zero-order valence-electron chi connectivity index (χ0n) is 20.1. The lowest BCUT2D eigenvalue weighted by Crippen LogP contribution is -2.40. The van der Waals surface area contributed by atoms with Crippen molar-refractivity contribution in [3.05, 3.63) is 71.0 Å². The van der Waals surface area contributed by atoms with Crippen molar-refractivity contribution in [3.8, 4) is 11.3 Å². The summed E-state index contributed by atoms with van der Waals surface area (Å²) in [5.41, 5.74) is 4.48. The summed E-state index contributed by atoms with van der Waals surface area (Å²) >= 11 is 0. The van der Waals surface area contributed by atoms with Crippen molar-refractivity contribution >= 4 is 23.6 Å². The lowest BCUT2D eigenvalue weighted by atomic mass is 9.94. The highest BCUT2D eigenvalue weighted by atomic mass is 19.1.